The predicted octanol–water partition coefficient (Wildman–Crippen LogP) is 3.37. The van der Waals surface area contributed by atoms with E-state index in [4.69, 9.17) is 5.11 Å². The minimum Gasteiger partial charge on any atom is -0.478 e. The lowest BCUT2D eigenvalue weighted by molar-refractivity contribution is -0.113. The zero-order valence-electron chi connectivity index (χ0n) is 18.5. The number of rotatable bonds is 9. The van der Waals surface area contributed by atoms with E-state index in [1.165, 1.54) is 23.9 Å². The Labute approximate surface area is 195 Å². The number of thioether (sulfide) groups is 1. The fourth-order valence-electron chi connectivity index (χ4n) is 3.12. The average Bonchev–Trinajstić information content (AvgIpc) is 3.16. The summed E-state index contributed by atoms with van der Waals surface area (Å²) in [5.41, 5.74) is 1.06. The summed E-state index contributed by atoms with van der Waals surface area (Å²) >= 11 is 1.20. The molecule has 0 radical (unpaired) electrons. The van der Waals surface area contributed by atoms with Crippen molar-refractivity contribution in [1.82, 2.24) is 20.1 Å². The number of benzene rings is 2. The van der Waals surface area contributed by atoms with Crippen molar-refractivity contribution in [3.63, 3.8) is 0 Å². The standard InChI is InChI=1S/C23H25N5O4S/c1-14(2)19(25-21(30)15-8-5-4-6-9-15)20-26-27-23(28(20)3)33-13-18(29)24-17-11-7-10-16(12-17)22(31)32/h4-12,14,19H,13H2,1-3H3,(H,24,29)(H,25,30)(H,31,32)/t19-/m1/s1. The predicted molar refractivity (Wildman–Crippen MR) is 125 cm³/mol. The van der Waals surface area contributed by atoms with Crippen molar-refractivity contribution in [2.24, 2.45) is 13.0 Å². The molecule has 2 amide bonds. The molecule has 0 fully saturated rings. The van der Waals surface area contributed by atoms with E-state index >= 15 is 0 Å². The van der Waals surface area contributed by atoms with Crippen LogP contribution in [0.2, 0.25) is 0 Å². The summed E-state index contributed by atoms with van der Waals surface area (Å²) in [5, 5.41) is 23.7. The van der Waals surface area contributed by atoms with Crippen LogP contribution in [0, 0.1) is 5.92 Å². The van der Waals surface area contributed by atoms with Gasteiger partial charge in [0.15, 0.2) is 11.0 Å². The van der Waals surface area contributed by atoms with E-state index in [9.17, 15) is 14.4 Å². The van der Waals surface area contributed by atoms with Gasteiger partial charge in [-0.05, 0) is 36.2 Å². The Morgan fingerprint density at radius 1 is 1.03 bits per heavy atom. The summed E-state index contributed by atoms with van der Waals surface area (Å²) in [6.07, 6.45) is 0. The second kappa shape index (κ2) is 10.8. The number of aromatic nitrogens is 3. The van der Waals surface area contributed by atoms with E-state index in [-0.39, 0.29) is 35.1 Å². The first-order valence-electron chi connectivity index (χ1n) is 10.3. The summed E-state index contributed by atoms with van der Waals surface area (Å²) in [5.74, 6) is -0.855. The number of carbonyl (C=O) groups is 3. The van der Waals surface area contributed by atoms with E-state index in [1.54, 1.807) is 48.0 Å². The smallest absolute Gasteiger partial charge is 0.335 e. The molecule has 1 aromatic heterocycles. The highest BCUT2D eigenvalue weighted by atomic mass is 32.2. The molecule has 0 saturated heterocycles. The molecule has 1 atom stereocenters. The number of amides is 2. The molecule has 3 N–H and O–H groups in total. The molecule has 33 heavy (non-hydrogen) atoms. The van der Waals surface area contributed by atoms with Crippen LogP contribution in [0.25, 0.3) is 0 Å². The maximum atomic E-state index is 12.6. The van der Waals surface area contributed by atoms with E-state index in [1.807, 2.05) is 19.9 Å². The number of carboxylic acids is 1. The lowest BCUT2D eigenvalue weighted by Gasteiger charge is -2.21. The zero-order valence-corrected chi connectivity index (χ0v) is 19.3. The molecule has 1 heterocycles. The Kier molecular flexibility index (Phi) is 7.83. The molecule has 3 rings (SSSR count). The van der Waals surface area contributed by atoms with E-state index in [0.29, 0.717) is 22.2 Å². The molecule has 0 unspecified atom stereocenters. The van der Waals surface area contributed by atoms with Gasteiger partial charge in [0, 0.05) is 18.3 Å². The Balaban J connectivity index is 1.65. The summed E-state index contributed by atoms with van der Waals surface area (Å²) in [6.45, 7) is 3.96. The molecule has 9 nitrogen and oxygen atoms in total. The van der Waals surface area contributed by atoms with Gasteiger partial charge >= 0.3 is 5.97 Å². The molecule has 0 spiro atoms. The molecule has 0 bridgehead atoms. The Hall–Kier alpha value is -3.66. The minimum atomic E-state index is -1.06. The summed E-state index contributed by atoms with van der Waals surface area (Å²) < 4.78 is 1.76. The molecule has 0 aliphatic carbocycles. The second-order valence-corrected chi connectivity index (χ2v) is 8.63. The van der Waals surface area contributed by atoms with Crippen LogP contribution in [0.3, 0.4) is 0 Å². The summed E-state index contributed by atoms with van der Waals surface area (Å²) in [6, 6.07) is 14.6. The van der Waals surface area contributed by atoms with Gasteiger partial charge in [0.05, 0.1) is 17.4 Å². The third kappa shape index (κ3) is 6.19. The largest absolute Gasteiger partial charge is 0.478 e. The van der Waals surface area contributed by atoms with Gasteiger partial charge in [0.2, 0.25) is 5.91 Å². The van der Waals surface area contributed by atoms with Crippen LogP contribution in [0.1, 0.15) is 46.4 Å². The highest BCUT2D eigenvalue weighted by Crippen LogP contribution is 2.24. The van der Waals surface area contributed by atoms with Crippen LogP contribution in [-0.2, 0) is 11.8 Å². The van der Waals surface area contributed by atoms with Gasteiger partial charge in [0.25, 0.3) is 5.91 Å². The first-order chi connectivity index (χ1) is 15.8. The molecular formula is C23H25N5O4S. The quantitative estimate of drug-likeness (QED) is 0.412. The third-order valence-corrected chi connectivity index (χ3v) is 5.88. The lowest BCUT2D eigenvalue weighted by atomic mass is 10.0. The molecular weight excluding hydrogens is 442 g/mol. The van der Waals surface area contributed by atoms with Crippen molar-refractivity contribution >= 4 is 35.2 Å². The molecule has 0 aliphatic rings. The van der Waals surface area contributed by atoms with Crippen LogP contribution in [-0.4, -0.2) is 43.4 Å². The number of aromatic carboxylic acids is 1. The normalized spacial score (nSPS) is 11.8. The average molecular weight is 468 g/mol. The van der Waals surface area contributed by atoms with Crippen molar-refractivity contribution in [3.8, 4) is 0 Å². The van der Waals surface area contributed by atoms with Crippen molar-refractivity contribution < 1.29 is 19.5 Å². The fraction of sp³-hybridized carbons (Fsp3) is 0.261. The highest BCUT2D eigenvalue weighted by Gasteiger charge is 2.25. The number of anilines is 1. The third-order valence-electron chi connectivity index (χ3n) is 4.86. The molecule has 0 saturated carbocycles. The molecule has 3 aromatic rings. The number of hydrogen-bond donors (Lipinski definition) is 3. The SMILES string of the molecule is CC(C)[C@@H](NC(=O)c1ccccc1)c1nnc(SCC(=O)Nc2cccc(C(=O)O)c2)n1C. The van der Waals surface area contributed by atoms with Crippen molar-refractivity contribution in [2.75, 3.05) is 11.1 Å². The minimum absolute atomic E-state index is 0.0585. The lowest BCUT2D eigenvalue weighted by Crippen LogP contribution is -2.33. The Bertz CT molecular complexity index is 1150. The van der Waals surface area contributed by atoms with Crippen LogP contribution < -0.4 is 10.6 Å². The topological polar surface area (TPSA) is 126 Å². The van der Waals surface area contributed by atoms with E-state index in [0.717, 1.165) is 0 Å². The molecule has 10 heteroatoms. The van der Waals surface area contributed by atoms with E-state index < -0.39 is 5.97 Å². The fourth-order valence-corrected chi connectivity index (χ4v) is 3.84. The zero-order chi connectivity index (χ0) is 24.0. The van der Waals surface area contributed by atoms with Gasteiger partial charge in [-0.2, -0.15) is 0 Å². The van der Waals surface area contributed by atoms with Crippen LogP contribution in [0.4, 0.5) is 5.69 Å². The van der Waals surface area contributed by atoms with Gasteiger partial charge in [-0.1, -0.05) is 49.9 Å². The number of nitrogens with zero attached hydrogens (tertiary/aromatic N) is 3. The molecule has 2 aromatic carbocycles. The van der Waals surface area contributed by atoms with Crippen molar-refractivity contribution in [2.45, 2.75) is 25.0 Å². The van der Waals surface area contributed by atoms with Gasteiger partial charge in [-0.15, -0.1) is 10.2 Å². The van der Waals surface area contributed by atoms with Gasteiger partial charge in [0.1, 0.15) is 0 Å². The Morgan fingerprint density at radius 2 is 1.73 bits per heavy atom. The molecule has 0 aliphatic heterocycles. The van der Waals surface area contributed by atoms with Gasteiger partial charge in [-0.3, -0.25) is 9.59 Å². The van der Waals surface area contributed by atoms with Crippen LogP contribution in [0.5, 0.6) is 0 Å². The number of hydrogen-bond acceptors (Lipinski definition) is 6. The first-order valence-corrected chi connectivity index (χ1v) is 11.3. The summed E-state index contributed by atoms with van der Waals surface area (Å²) in [4.78, 5) is 36.1. The maximum absolute atomic E-state index is 12.6. The monoisotopic (exact) mass is 467 g/mol. The van der Waals surface area contributed by atoms with Crippen LogP contribution in [0.15, 0.2) is 59.8 Å². The van der Waals surface area contributed by atoms with E-state index in [2.05, 4.69) is 20.8 Å². The van der Waals surface area contributed by atoms with Gasteiger partial charge < -0.3 is 20.3 Å². The maximum Gasteiger partial charge on any atom is 0.335 e. The highest BCUT2D eigenvalue weighted by molar-refractivity contribution is 7.99. The van der Waals surface area contributed by atoms with Crippen molar-refractivity contribution in [1.29, 1.82) is 0 Å². The summed E-state index contributed by atoms with van der Waals surface area (Å²) in [7, 11) is 1.79. The first kappa shape index (κ1) is 24.0. The number of nitrogens with one attached hydrogen (secondary N) is 2. The van der Waals surface area contributed by atoms with Crippen molar-refractivity contribution in [3.05, 3.63) is 71.5 Å². The number of carbonyl (C=O) groups excluding carboxylic acids is 2. The number of carboxylic acid groups (broad SMARTS) is 1. The van der Waals surface area contributed by atoms with Crippen LogP contribution >= 0.6 is 11.8 Å². The Morgan fingerprint density at radius 3 is 2.39 bits per heavy atom. The van der Waals surface area contributed by atoms with Gasteiger partial charge in [-0.25, -0.2) is 4.79 Å². The molecule has 172 valence electrons. The second-order valence-electron chi connectivity index (χ2n) is 7.68.